The molecule has 2 aromatic rings. The number of nitrogens with zero attached hydrogens (tertiary/aromatic N) is 1. The van der Waals surface area contributed by atoms with Crippen LogP contribution in [0.3, 0.4) is 0 Å². The summed E-state index contributed by atoms with van der Waals surface area (Å²) in [6.45, 7) is 4.61. The van der Waals surface area contributed by atoms with Crippen molar-refractivity contribution in [1.29, 1.82) is 0 Å². The van der Waals surface area contributed by atoms with Crippen molar-refractivity contribution in [2.24, 2.45) is 0 Å². The molecule has 2 atom stereocenters. The van der Waals surface area contributed by atoms with Gasteiger partial charge in [0.1, 0.15) is 17.8 Å². The highest BCUT2D eigenvalue weighted by molar-refractivity contribution is 6.08. The summed E-state index contributed by atoms with van der Waals surface area (Å²) in [5, 5.41) is 5.32. The zero-order valence-corrected chi connectivity index (χ0v) is 19.0. The summed E-state index contributed by atoms with van der Waals surface area (Å²) in [4.78, 5) is 51.4. The van der Waals surface area contributed by atoms with Gasteiger partial charge >= 0.3 is 12.0 Å². The second-order valence-corrected chi connectivity index (χ2v) is 7.98. The fraction of sp³-hybridized carbons (Fsp3) is 0.333. The molecule has 1 heterocycles. The van der Waals surface area contributed by atoms with Gasteiger partial charge in [-0.15, -0.1) is 0 Å². The molecule has 3 rings (SSSR count). The Morgan fingerprint density at radius 3 is 2.45 bits per heavy atom. The van der Waals surface area contributed by atoms with E-state index < -0.39 is 42.0 Å². The number of methoxy groups -OCH3 is 1. The summed E-state index contributed by atoms with van der Waals surface area (Å²) in [7, 11) is 1.48. The third-order valence-corrected chi connectivity index (χ3v) is 5.54. The van der Waals surface area contributed by atoms with E-state index in [4.69, 9.17) is 9.47 Å². The Balaban J connectivity index is 1.80. The molecular formula is C24H27N3O6. The minimum absolute atomic E-state index is 0.372. The van der Waals surface area contributed by atoms with Gasteiger partial charge in [0, 0.05) is 5.56 Å². The first-order chi connectivity index (χ1) is 15.7. The largest absolute Gasteiger partial charge is 0.495 e. The fourth-order valence-electron chi connectivity index (χ4n) is 3.45. The molecular weight excluding hydrogens is 426 g/mol. The molecule has 1 fully saturated rings. The summed E-state index contributed by atoms with van der Waals surface area (Å²) in [5.74, 6) is -1.56. The van der Waals surface area contributed by atoms with Crippen LogP contribution in [0.2, 0.25) is 0 Å². The summed E-state index contributed by atoms with van der Waals surface area (Å²) < 4.78 is 10.8. The SMILES string of the molecule is CCC1(C)NC(=O)N(CC(=O)OC(C(=O)Nc2cc(C)ccc2OC)c2ccccc2)C1=O. The van der Waals surface area contributed by atoms with Gasteiger partial charge in [0.2, 0.25) is 6.10 Å². The number of amides is 4. The summed E-state index contributed by atoms with van der Waals surface area (Å²) in [5.41, 5.74) is 0.685. The van der Waals surface area contributed by atoms with Gasteiger partial charge in [-0.1, -0.05) is 43.3 Å². The summed E-state index contributed by atoms with van der Waals surface area (Å²) in [6, 6.07) is 13.1. The van der Waals surface area contributed by atoms with Crippen LogP contribution in [0.5, 0.6) is 5.75 Å². The lowest BCUT2D eigenvalue weighted by Crippen LogP contribution is -2.43. The van der Waals surface area contributed by atoms with Crippen LogP contribution in [0.25, 0.3) is 0 Å². The van der Waals surface area contributed by atoms with Crippen molar-refractivity contribution >= 4 is 29.5 Å². The highest BCUT2D eigenvalue weighted by atomic mass is 16.5. The number of rotatable bonds is 8. The zero-order chi connectivity index (χ0) is 24.2. The van der Waals surface area contributed by atoms with E-state index in [2.05, 4.69) is 10.6 Å². The molecule has 9 heteroatoms. The molecule has 4 amide bonds. The van der Waals surface area contributed by atoms with Gasteiger partial charge in [0.15, 0.2) is 0 Å². The number of esters is 1. The van der Waals surface area contributed by atoms with Crippen LogP contribution in [0, 0.1) is 6.92 Å². The molecule has 0 saturated carbocycles. The van der Waals surface area contributed by atoms with Gasteiger partial charge in [0.05, 0.1) is 12.8 Å². The number of ether oxygens (including phenoxy) is 2. The standard InChI is InChI=1S/C24H27N3O6/c1-5-24(3)22(30)27(23(31)26-24)14-19(28)33-20(16-9-7-6-8-10-16)21(29)25-17-13-15(2)11-12-18(17)32-4/h6-13,20H,5,14H2,1-4H3,(H,25,29)(H,26,31). The third kappa shape index (κ3) is 5.14. The predicted octanol–water partition coefficient (Wildman–Crippen LogP) is 2.95. The quantitative estimate of drug-likeness (QED) is 0.469. The van der Waals surface area contributed by atoms with Gasteiger partial charge in [-0.25, -0.2) is 4.79 Å². The Morgan fingerprint density at radius 1 is 1.15 bits per heavy atom. The van der Waals surface area contributed by atoms with Crippen LogP contribution in [0.15, 0.2) is 48.5 Å². The van der Waals surface area contributed by atoms with Crippen LogP contribution in [-0.2, 0) is 19.1 Å². The summed E-state index contributed by atoms with van der Waals surface area (Å²) >= 11 is 0. The Morgan fingerprint density at radius 2 is 1.85 bits per heavy atom. The lowest BCUT2D eigenvalue weighted by Gasteiger charge is -2.21. The lowest BCUT2D eigenvalue weighted by atomic mass is 9.99. The number of nitrogens with one attached hydrogen (secondary N) is 2. The first kappa shape index (κ1) is 23.8. The molecule has 2 N–H and O–H groups in total. The van der Waals surface area contributed by atoms with E-state index in [1.807, 2.05) is 13.0 Å². The average Bonchev–Trinajstić information content (AvgIpc) is 3.01. The van der Waals surface area contributed by atoms with Crippen LogP contribution in [-0.4, -0.2) is 47.9 Å². The molecule has 9 nitrogen and oxygen atoms in total. The first-order valence-electron chi connectivity index (χ1n) is 10.5. The van der Waals surface area contributed by atoms with Crippen LogP contribution in [0.4, 0.5) is 10.5 Å². The molecule has 1 saturated heterocycles. The second-order valence-electron chi connectivity index (χ2n) is 7.98. The number of hydrogen-bond donors (Lipinski definition) is 2. The lowest BCUT2D eigenvalue weighted by molar-refractivity contribution is -0.156. The van der Waals surface area contributed by atoms with Crippen LogP contribution >= 0.6 is 0 Å². The molecule has 0 bridgehead atoms. The average molecular weight is 453 g/mol. The molecule has 1 aliphatic rings. The van der Waals surface area contributed by atoms with Crippen molar-refractivity contribution < 1.29 is 28.7 Å². The fourth-order valence-corrected chi connectivity index (χ4v) is 3.45. The van der Waals surface area contributed by atoms with E-state index in [0.717, 1.165) is 10.5 Å². The van der Waals surface area contributed by atoms with E-state index >= 15 is 0 Å². The molecule has 2 aromatic carbocycles. The van der Waals surface area contributed by atoms with E-state index in [-0.39, 0.29) is 0 Å². The zero-order valence-electron chi connectivity index (χ0n) is 19.0. The number of imide groups is 1. The maximum atomic E-state index is 13.1. The van der Waals surface area contributed by atoms with Crippen molar-refractivity contribution in [2.75, 3.05) is 19.0 Å². The summed E-state index contributed by atoms with van der Waals surface area (Å²) in [6.07, 6.45) is -0.932. The highest BCUT2D eigenvalue weighted by Crippen LogP contribution is 2.28. The van der Waals surface area contributed by atoms with Gasteiger partial charge < -0.3 is 20.1 Å². The van der Waals surface area contributed by atoms with Gasteiger partial charge in [-0.05, 0) is 38.0 Å². The molecule has 0 aromatic heterocycles. The normalized spacial score (nSPS) is 18.5. The van der Waals surface area contributed by atoms with E-state index in [1.165, 1.54) is 7.11 Å². The topological polar surface area (TPSA) is 114 Å². The Labute approximate surface area is 192 Å². The number of urea groups is 1. The van der Waals surface area contributed by atoms with Gasteiger partial charge in [-0.3, -0.25) is 19.3 Å². The molecule has 33 heavy (non-hydrogen) atoms. The second kappa shape index (κ2) is 9.72. The predicted molar refractivity (Wildman–Crippen MR) is 121 cm³/mol. The highest BCUT2D eigenvalue weighted by Gasteiger charge is 2.47. The number of carbonyl (C=O) groups is 4. The Kier molecular flexibility index (Phi) is 7.01. The molecule has 0 spiro atoms. The Hall–Kier alpha value is -3.88. The first-order valence-corrected chi connectivity index (χ1v) is 10.5. The number of anilines is 1. The molecule has 0 aliphatic carbocycles. The van der Waals surface area contributed by atoms with Crippen LogP contribution < -0.4 is 15.4 Å². The van der Waals surface area contributed by atoms with Crippen LogP contribution in [0.1, 0.15) is 37.5 Å². The van der Waals surface area contributed by atoms with Crippen molar-refractivity contribution in [1.82, 2.24) is 10.2 Å². The minimum Gasteiger partial charge on any atom is -0.495 e. The monoisotopic (exact) mass is 453 g/mol. The smallest absolute Gasteiger partial charge is 0.327 e. The number of aryl methyl sites for hydroxylation is 1. The molecule has 0 radical (unpaired) electrons. The minimum atomic E-state index is -1.30. The number of carbonyl (C=O) groups excluding carboxylic acids is 4. The number of hydrogen-bond acceptors (Lipinski definition) is 6. The van der Waals surface area contributed by atoms with Gasteiger partial charge in [0.25, 0.3) is 11.8 Å². The third-order valence-electron chi connectivity index (χ3n) is 5.54. The van der Waals surface area contributed by atoms with Crippen molar-refractivity contribution in [3.63, 3.8) is 0 Å². The number of benzene rings is 2. The van der Waals surface area contributed by atoms with Crippen molar-refractivity contribution in [3.8, 4) is 5.75 Å². The van der Waals surface area contributed by atoms with Gasteiger partial charge in [-0.2, -0.15) is 0 Å². The maximum Gasteiger partial charge on any atom is 0.327 e. The molecule has 2 unspecified atom stereocenters. The van der Waals surface area contributed by atoms with E-state index in [1.54, 1.807) is 56.3 Å². The molecule has 1 aliphatic heterocycles. The van der Waals surface area contributed by atoms with E-state index in [0.29, 0.717) is 23.4 Å². The van der Waals surface area contributed by atoms with E-state index in [9.17, 15) is 19.2 Å². The van der Waals surface area contributed by atoms with Crippen molar-refractivity contribution in [3.05, 3.63) is 59.7 Å². The van der Waals surface area contributed by atoms with Crippen molar-refractivity contribution in [2.45, 2.75) is 38.8 Å². The maximum absolute atomic E-state index is 13.1. The Bertz CT molecular complexity index is 1070. The molecule has 174 valence electrons.